The second-order valence-corrected chi connectivity index (χ2v) is 6.42. The molecule has 8 heteroatoms. The summed E-state index contributed by atoms with van der Waals surface area (Å²) in [4.78, 5) is 10.9. The second kappa shape index (κ2) is 7.49. The van der Waals surface area contributed by atoms with Crippen molar-refractivity contribution in [3.8, 4) is 0 Å². The minimum absolute atomic E-state index is 0.0313. The van der Waals surface area contributed by atoms with Gasteiger partial charge >= 0.3 is 16.5 Å². The lowest BCUT2D eigenvalue weighted by atomic mass is 10.0. The molecule has 0 atom stereocenters. The molecule has 0 fully saturated rings. The molecule has 1 N–H and O–H groups in total. The van der Waals surface area contributed by atoms with Crippen LogP contribution in [0, 0.1) is 5.82 Å². The number of fused-ring (bicyclic) bond motifs is 1. The summed E-state index contributed by atoms with van der Waals surface area (Å²) in [5, 5.41) is 9.71. The van der Waals surface area contributed by atoms with Gasteiger partial charge in [-0.3, -0.25) is 4.79 Å². The Morgan fingerprint density at radius 1 is 1.15 bits per heavy atom. The van der Waals surface area contributed by atoms with Crippen LogP contribution in [-0.2, 0) is 28.3 Å². The fraction of sp³-hybridized carbons (Fsp3) is 0.167. The number of carboxylic acids is 1. The molecule has 0 amide bonds. The average molecular weight is 374 g/mol. The highest BCUT2D eigenvalue weighted by atomic mass is 32.2. The van der Waals surface area contributed by atoms with Crippen LogP contribution in [0.1, 0.15) is 17.5 Å². The third kappa shape index (κ3) is 4.15. The third-order valence-electron chi connectivity index (χ3n) is 4.00. The Hall–Kier alpha value is -3.00. The average Bonchev–Trinajstić information content (AvgIpc) is 2.92. The van der Waals surface area contributed by atoms with E-state index in [1.807, 2.05) is 10.8 Å². The van der Waals surface area contributed by atoms with Crippen molar-refractivity contribution in [1.29, 1.82) is 0 Å². The van der Waals surface area contributed by atoms with Crippen LogP contribution >= 0.6 is 0 Å². The highest BCUT2D eigenvalue weighted by Crippen LogP contribution is 2.28. The van der Waals surface area contributed by atoms with E-state index in [1.165, 1.54) is 12.1 Å². The maximum absolute atomic E-state index is 13.1. The van der Waals surface area contributed by atoms with Gasteiger partial charge in [0.25, 0.3) is 0 Å². The normalized spacial score (nSPS) is 10.8. The van der Waals surface area contributed by atoms with E-state index in [-0.39, 0.29) is 12.2 Å². The molecule has 134 valence electrons. The van der Waals surface area contributed by atoms with Crippen LogP contribution in [0.4, 0.5) is 10.1 Å². The molecule has 3 rings (SSSR count). The number of halogens is 1. The molecule has 0 saturated carbocycles. The predicted octanol–water partition coefficient (Wildman–Crippen LogP) is 3.54. The van der Waals surface area contributed by atoms with Gasteiger partial charge < -0.3 is 9.67 Å². The van der Waals surface area contributed by atoms with E-state index in [0.717, 1.165) is 22.0 Å². The largest absolute Gasteiger partial charge is 0.481 e. The first-order valence-corrected chi connectivity index (χ1v) is 8.84. The molecular formula is C18H15FN2O4S. The van der Waals surface area contributed by atoms with Gasteiger partial charge in [0.05, 0.1) is 12.1 Å². The summed E-state index contributed by atoms with van der Waals surface area (Å²) >= 11 is 0. The molecule has 0 aliphatic rings. The zero-order valence-electron chi connectivity index (χ0n) is 13.6. The van der Waals surface area contributed by atoms with Crippen LogP contribution in [0.5, 0.6) is 0 Å². The molecule has 0 saturated heterocycles. The molecule has 26 heavy (non-hydrogen) atoms. The van der Waals surface area contributed by atoms with Crippen molar-refractivity contribution in [3.05, 3.63) is 65.6 Å². The van der Waals surface area contributed by atoms with Crippen LogP contribution in [0.3, 0.4) is 0 Å². The topological polar surface area (TPSA) is 88.7 Å². The highest BCUT2D eigenvalue weighted by molar-refractivity contribution is 7.61. The Labute approximate surface area is 150 Å². The van der Waals surface area contributed by atoms with Crippen molar-refractivity contribution in [2.45, 2.75) is 19.4 Å². The van der Waals surface area contributed by atoms with E-state index >= 15 is 0 Å². The van der Waals surface area contributed by atoms with Crippen molar-refractivity contribution < 1.29 is 22.7 Å². The van der Waals surface area contributed by atoms with Gasteiger partial charge in [-0.05, 0) is 47.9 Å². The fourth-order valence-corrected chi connectivity index (χ4v) is 3.15. The Morgan fingerprint density at radius 2 is 1.88 bits per heavy atom. The molecular weight excluding hydrogens is 359 g/mol. The van der Waals surface area contributed by atoms with E-state index in [0.29, 0.717) is 18.7 Å². The number of aryl methyl sites for hydroxylation is 1. The molecule has 0 aliphatic carbocycles. The standard InChI is InChI=1S/C18H15FN2O4S/c19-14-3-1-12(2-4-14)9-13-11-21(8-7-18(22)23)17-6-5-15(10-16(13)17)20-26(24)25/h1-6,10-11H,7-9H2,(H,22,23). The number of rotatable bonds is 6. The number of benzene rings is 2. The van der Waals surface area contributed by atoms with E-state index in [1.54, 1.807) is 30.3 Å². The molecule has 0 radical (unpaired) electrons. The monoisotopic (exact) mass is 374 g/mol. The summed E-state index contributed by atoms with van der Waals surface area (Å²) in [6.45, 7) is 0.291. The highest BCUT2D eigenvalue weighted by Gasteiger charge is 2.11. The van der Waals surface area contributed by atoms with E-state index in [4.69, 9.17) is 5.11 Å². The second-order valence-electron chi connectivity index (χ2n) is 5.80. The van der Waals surface area contributed by atoms with Crippen LogP contribution in [-0.4, -0.2) is 24.1 Å². The van der Waals surface area contributed by atoms with Crippen molar-refractivity contribution in [2.75, 3.05) is 0 Å². The maximum Gasteiger partial charge on any atom is 0.316 e. The van der Waals surface area contributed by atoms with E-state index < -0.39 is 16.5 Å². The quantitative estimate of drug-likeness (QED) is 0.715. The minimum Gasteiger partial charge on any atom is -0.481 e. The van der Waals surface area contributed by atoms with Crippen molar-refractivity contribution in [1.82, 2.24) is 4.57 Å². The fourth-order valence-electron chi connectivity index (χ4n) is 2.87. The molecule has 0 spiro atoms. The molecule has 3 aromatic rings. The predicted molar refractivity (Wildman–Crippen MR) is 94.4 cm³/mol. The minimum atomic E-state index is -2.56. The zero-order valence-corrected chi connectivity index (χ0v) is 14.4. The summed E-state index contributed by atoms with van der Waals surface area (Å²) in [5.41, 5.74) is 2.85. The first-order chi connectivity index (χ1) is 12.4. The van der Waals surface area contributed by atoms with Gasteiger partial charge in [0, 0.05) is 23.6 Å². The number of aromatic nitrogens is 1. The smallest absolute Gasteiger partial charge is 0.316 e. The Morgan fingerprint density at radius 3 is 2.54 bits per heavy atom. The first-order valence-electron chi connectivity index (χ1n) is 7.81. The lowest BCUT2D eigenvalue weighted by Crippen LogP contribution is -2.03. The summed E-state index contributed by atoms with van der Waals surface area (Å²) < 4.78 is 40.1. The van der Waals surface area contributed by atoms with Crippen molar-refractivity contribution >= 4 is 33.1 Å². The number of nitrogens with zero attached hydrogens (tertiary/aromatic N) is 2. The van der Waals surface area contributed by atoms with Crippen LogP contribution in [0.25, 0.3) is 10.9 Å². The zero-order chi connectivity index (χ0) is 18.7. The molecule has 1 heterocycles. The van der Waals surface area contributed by atoms with Gasteiger partial charge in [0.1, 0.15) is 5.82 Å². The molecule has 6 nitrogen and oxygen atoms in total. The van der Waals surface area contributed by atoms with Crippen molar-refractivity contribution in [3.63, 3.8) is 0 Å². The summed E-state index contributed by atoms with van der Waals surface area (Å²) in [6.07, 6.45) is 2.31. The van der Waals surface area contributed by atoms with Gasteiger partial charge in [-0.25, -0.2) is 4.39 Å². The van der Waals surface area contributed by atoms with Crippen LogP contribution < -0.4 is 0 Å². The van der Waals surface area contributed by atoms with Crippen molar-refractivity contribution in [2.24, 2.45) is 4.36 Å². The summed E-state index contributed by atoms with van der Waals surface area (Å²) in [6, 6.07) is 11.0. The number of carbonyl (C=O) groups is 1. The molecule has 1 aromatic heterocycles. The van der Waals surface area contributed by atoms with Gasteiger partial charge in [-0.15, -0.1) is 4.36 Å². The van der Waals surface area contributed by atoms with Gasteiger partial charge in [0.2, 0.25) is 0 Å². The van der Waals surface area contributed by atoms with Gasteiger partial charge in [0.15, 0.2) is 0 Å². The number of hydrogen-bond acceptors (Lipinski definition) is 4. The lowest BCUT2D eigenvalue weighted by Gasteiger charge is -2.02. The summed E-state index contributed by atoms with van der Waals surface area (Å²) in [5.74, 6) is -1.23. The third-order valence-corrected chi connectivity index (χ3v) is 4.36. The van der Waals surface area contributed by atoms with Crippen LogP contribution in [0.2, 0.25) is 0 Å². The summed E-state index contributed by atoms with van der Waals surface area (Å²) in [7, 11) is -2.56. The molecule has 0 unspecified atom stereocenters. The first kappa shape index (κ1) is 17.8. The Bertz CT molecular complexity index is 1090. The Kier molecular flexibility index (Phi) is 5.13. The number of aliphatic carboxylic acids is 1. The molecule has 2 aromatic carbocycles. The van der Waals surface area contributed by atoms with Gasteiger partial charge in [-0.1, -0.05) is 12.1 Å². The van der Waals surface area contributed by atoms with Crippen LogP contribution in [0.15, 0.2) is 53.0 Å². The molecule has 0 aliphatic heterocycles. The SMILES string of the molecule is O=C(O)CCn1cc(Cc2ccc(F)cc2)c2cc(N=S(=O)=O)ccc21. The lowest BCUT2D eigenvalue weighted by molar-refractivity contribution is -0.137. The maximum atomic E-state index is 13.1. The Balaban J connectivity index is 2.07. The molecule has 0 bridgehead atoms. The van der Waals surface area contributed by atoms with E-state index in [2.05, 4.69) is 4.36 Å². The number of carboxylic acid groups (broad SMARTS) is 1. The number of hydrogen-bond donors (Lipinski definition) is 1. The van der Waals surface area contributed by atoms with Gasteiger partial charge in [-0.2, -0.15) is 8.42 Å². The van der Waals surface area contributed by atoms with E-state index in [9.17, 15) is 17.6 Å².